The minimum atomic E-state index is 0.315. The van der Waals surface area contributed by atoms with Crippen LogP contribution in [0.25, 0.3) is 0 Å². The van der Waals surface area contributed by atoms with Crippen molar-refractivity contribution < 1.29 is 4.74 Å². The second-order valence-corrected chi connectivity index (χ2v) is 5.21. The first-order valence-corrected chi connectivity index (χ1v) is 6.81. The van der Waals surface area contributed by atoms with E-state index in [9.17, 15) is 0 Å². The lowest BCUT2D eigenvalue weighted by atomic mass is 10.0. The minimum Gasteiger partial charge on any atom is -0.496 e. The number of nitrogens with zero attached hydrogens (tertiary/aromatic N) is 1. The Morgan fingerprint density at radius 1 is 1.44 bits per heavy atom. The van der Waals surface area contributed by atoms with Crippen molar-refractivity contribution >= 4 is 11.3 Å². The van der Waals surface area contributed by atoms with Crippen LogP contribution in [0, 0.1) is 6.92 Å². The van der Waals surface area contributed by atoms with Gasteiger partial charge in [-0.3, -0.25) is 4.98 Å². The van der Waals surface area contributed by atoms with Gasteiger partial charge in [0, 0.05) is 23.5 Å². The molecule has 1 atom stereocenters. The van der Waals surface area contributed by atoms with E-state index in [0.29, 0.717) is 6.04 Å². The standard InChI is InChI=1S/C14H18N2OS/c1-10-6-11(4-5-14(10)17-3)13(15-2)7-12-8-16-9-18-12/h4-6,8-9,13,15H,7H2,1-3H3. The molecular formula is C14H18N2OS. The molecule has 0 amide bonds. The van der Waals surface area contributed by atoms with Gasteiger partial charge in [0.15, 0.2) is 0 Å². The highest BCUT2D eigenvalue weighted by molar-refractivity contribution is 7.09. The molecule has 0 radical (unpaired) electrons. The lowest BCUT2D eigenvalue weighted by Crippen LogP contribution is -2.18. The summed E-state index contributed by atoms with van der Waals surface area (Å²) in [5.41, 5.74) is 4.32. The number of aryl methyl sites for hydroxylation is 1. The van der Waals surface area contributed by atoms with E-state index in [2.05, 4.69) is 29.4 Å². The number of ether oxygens (including phenoxy) is 1. The van der Waals surface area contributed by atoms with Gasteiger partial charge < -0.3 is 10.1 Å². The van der Waals surface area contributed by atoms with Gasteiger partial charge in [0.2, 0.25) is 0 Å². The summed E-state index contributed by atoms with van der Waals surface area (Å²) in [6.07, 6.45) is 2.90. The third-order valence-corrected chi connectivity index (χ3v) is 3.86. The van der Waals surface area contributed by atoms with Crippen LogP contribution in [-0.2, 0) is 6.42 Å². The number of aromatic nitrogens is 1. The van der Waals surface area contributed by atoms with Crippen LogP contribution in [0.2, 0.25) is 0 Å². The van der Waals surface area contributed by atoms with E-state index in [1.807, 2.05) is 24.8 Å². The van der Waals surface area contributed by atoms with E-state index in [1.165, 1.54) is 16.0 Å². The predicted octanol–water partition coefficient (Wildman–Crippen LogP) is 2.96. The average molecular weight is 262 g/mol. The Labute approximate surface area is 112 Å². The SMILES string of the molecule is CNC(Cc1cncs1)c1ccc(OC)c(C)c1. The zero-order valence-electron chi connectivity index (χ0n) is 10.9. The number of hydrogen-bond acceptors (Lipinski definition) is 4. The van der Waals surface area contributed by atoms with E-state index in [-0.39, 0.29) is 0 Å². The molecule has 0 spiro atoms. The monoisotopic (exact) mass is 262 g/mol. The van der Waals surface area contributed by atoms with Crippen LogP contribution < -0.4 is 10.1 Å². The van der Waals surface area contributed by atoms with Gasteiger partial charge in [-0.15, -0.1) is 11.3 Å². The molecule has 4 heteroatoms. The molecule has 1 N–H and O–H groups in total. The molecule has 96 valence electrons. The molecule has 1 heterocycles. The van der Waals surface area contributed by atoms with Crippen LogP contribution in [0.3, 0.4) is 0 Å². The summed E-state index contributed by atoms with van der Waals surface area (Å²) in [7, 11) is 3.69. The van der Waals surface area contributed by atoms with E-state index in [4.69, 9.17) is 4.74 Å². The highest BCUT2D eigenvalue weighted by Crippen LogP contribution is 2.25. The fourth-order valence-corrected chi connectivity index (χ4v) is 2.69. The van der Waals surface area contributed by atoms with Crippen LogP contribution in [0.5, 0.6) is 5.75 Å². The zero-order valence-corrected chi connectivity index (χ0v) is 11.8. The highest BCUT2D eigenvalue weighted by Gasteiger charge is 2.12. The topological polar surface area (TPSA) is 34.2 Å². The van der Waals surface area contributed by atoms with E-state index >= 15 is 0 Å². The van der Waals surface area contributed by atoms with Crippen LogP contribution >= 0.6 is 11.3 Å². The first kappa shape index (κ1) is 13.1. The lowest BCUT2D eigenvalue weighted by molar-refractivity contribution is 0.411. The molecule has 0 fully saturated rings. The number of likely N-dealkylation sites (N-methyl/N-ethyl adjacent to an activating group) is 1. The highest BCUT2D eigenvalue weighted by atomic mass is 32.1. The second-order valence-electron chi connectivity index (χ2n) is 4.24. The largest absolute Gasteiger partial charge is 0.496 e. The molecule has 3 nitrogen and oxygen atoms in total. The van der Waals surface area contributed by atoms with Crippen LogP contribution in [0.1, 0.15) is 22.0 Å². The normalized spacial score (nSPS) is 12.4. The Balaban J connectivity index is 2.19. The van der Waals surface area contributed by atoms with Gasteiger partial charge >= 0.3 is 0 Å². The number of thiazole rings is 1. The number of methoxy groups -OCH3 is 1. The Morgan fingerprint density at radius 3 is 2.83 bits per heavy atom. The maximum atomic E-state index is 5.29. The quantitative estimate of drug-likeness (QED) is 0.899. The number of benzene rings is 1. The van der Waals surface area contributed by atoms with E-state index in [0.717, 1.165) is 12.2 Å². The number of hydrogen-bond donors (Lipinski definition) is 1. The molecule has 1 aromatic heterocycles. The van der Waals surface area contributed by atoms with Crippen molar-refractivity contribution in [1.29, 1.82) is 0 Å². The second kappa shape index (κ2) is 5.98. The number of nitrogens with one attached hydrogen (secondary N) is 1. The van der Waals surface area contributed by atoms with Crippen LogP contribution in [-0.4, -0.2) is 19.1 Å². The maximum absolute atomic E-state index is 5.29. The molecule has 2 rings (SSSR count). The zero-order chi connectivity index (χ0) is 13.0. The fourth-order valence-electron chi connectivity index (χ4n) is 2.05. The molecule has 2 aromatic rings. The van der Waals surface area contributed by atoms with Gasteiger partial charge in [0.1, 0.15) is 5.75 Å². The number of rotatable bonds is 5. The van der Waals surface area contributed by atoms with Gasteiger partial charge in [0.25, 0.3) is 0 Å². The molecule has 0 saturated carbocycles. The van der Waals surface area contributed by atoms with Gasteiger partial charge in [-0.05, 0) is 31.2 Å². The molecule has 0 aliphatic heterocycles. The van der Waals surface area contributed by atoms with Crippen LogP contribution in [0.4, 0.5) is 0 Å². The van der Waals surface area contributed by atoms with Crippen molar-refractivity contribution in [2.45, 2.75) is 19.4 Å². The third-order valence-electron chi connectivity index (χ3n) is 3.06. The smallest absolute Gasteiger partial charge is 0.121 e. The van der Waals surface area contributed by atoms with Crippen LogP contribution in [0.15, 0.2) is 29.9 Å². The Morgan fingerprint density at radius 2 is 2.28 bits per heavy atom. The van der Waals surface area contributed by atoms with Gasteiger partial charge in [-0.25, -0.2) is 0 Å². The van der Waals surface area contributed by atoms with E-state index in [1.54, 1.807) is 18.4 Å². The van der Waals surface area contributed by atoms with E-state index < -0.39 is 0 Å². The van der Waals surface area contributed by atoms with Gasteiger partial charge in [-0.1, -0.05) is 12.1 Å². The van der Waals surface area contributed by atoms with Gasteiger partial charge in [-0.2, -0.15) is 0 Å². The molecule has 0 aliphatic rings. The van der Waals surface area contributed by atoms with Crippen molar-refractivity contribution in [3.05, 3.63) is 45.9 Å². The van der Waals surface area contributed by atoms with Gasteiger partial charge in [0.05, 0.1) is 12.6 Å². The molecular weight excluding hydrogens is 244 g/mol. The predicted molar refractivity (Wildman–Crippen MR) is 75.3 cm³/mol. The first-order chi connectivity index (χ1) is 8.74. The molecule has 1 aromatic carbocycles. The first-order valence-electron chi connectivity index (χ1n) is 5.93. The Bertz CT molecular complexity index is 497. The van der Waals surface area contributed by atoms with Crippen molar-refractivity contribution in [3.8, 4) is 5.75 Å². The summed E-state index contributed by atoms with van der Waals surface area (Å²) in [6, 6.07) is 6.64. The summed E-state index contributed by atoms with van der Waals surface area (Å²) in [5, 5.41) is 3.36. The molecule has 0 aliphatic carbocycles. The van der Waals surface area contributed by atoms with Crippen molar-refractivity contribution in [2.75, 3.05) is 14.2 Å². The summed E-state index contributed by atoms with van der Waals surface area (Å²) in [4.78, 5) is 5.41. The lowest BCUT2D eigenvalue weighted by Gasteiger charge is -2.17. The summed E-state index contributed by atoms with van der Waals surface area (Å²) in [5.74, 6) is 0.936. The molecule has 0 saturated heterocycles. The molecule has 1 unspecified atom stereocenters. The Hall–Kier alpha value is -1.39. The fraction of sp³-hybridized carbons (Fsp3) is 0.357. The van der Waals surface area contributed by atoms with Crippen molar-refractivity contribution in [3.63, 3.8) is 0 Å². The van der Waals surface area contributed by atoms with Crippen molar-refractivity contribution in [2.24, 2.45) is 0 Å². The summed E-state index contributed by atoms with van der Waals surface area (Å²) in [6.45, 7) is 2.07. The minimum absolute atomic E-state index is 0.315. The third kappa shape index (κ3) is 2.89. The summed E-state index contributed by atoms with van der Waals surface area (Å²) < 4.78 is 5.29. The molecule has 0 bridgehead atoms. The molecule has 18 heavy (non-hydrogen) atoms. The average Bonchev–Trinajstić information content (AvgIpc) is 2.88. The van der Waals surface area contributed by atoms with Crippen molar-refractivity contribution in [1.82, 2.24) is 10.3 Å². The maximum Gasteiger partial charge on any atom is 0.121 e. The Kier molecular flexibility index (Phi) is 4.33. The summed E-state index contributed by atoms with van der Waals surface area (Å²) >= 11 is 1.70.